The molecular formula is C17H24O2. The summed E-state index contributed by atoms with van der Waals surface area (Å²) in [5.74, 6) is 1.71. The number of ether oxygens (including phenoxy) is 1. The van der Waals surface area contributed by atoms with Crippen molar-refractivity contribution in [2.24, 2.45) is 5.92 Å². The molecule has 1 aromatic rings. The van der Waals surface area contributed by atoms with Crippen LogP contribution in [-0.2, 0) is 6.42 Å². The van der Waals surface area contributed by atoms with E-state index in [0.717, 1.165) is 24.2 Å². The van der Waals surface area contributed by atoms with Gasteiger partial charge in [0.05, 0.1) is 6.10 Å². The Kier molecular flexibility index (Phi) is 3.79. The monoisotopic (exact) mass is 260 g/mol. The van der Waals surface area contributed by atoms with Crippen molar-refractivity contribution in [3.8, 4) is 5.75 Å². The van der Waals surface area contributed by atoms with E-state index in [1.165, 1.54) is 37.7 Å². The van der Waals surface area contributed by atoms with Gasteiger partial charge in [0, 0.05) is 0 Å². The highest BCUT2D eigenvalue weighted by atomic mass is 16.5. The summed E-state index contributed by atoms with van der Waals surface area (Å²) in [6.45, 7) is 2.27. The van der Waals surface area contributed by atoms with Crippen LogP contribution in [0.2, 0.25) is 0 Å². The van der Waals surface area contributed by atoms with E-state index in [9.17, 15) is 5.11 Å². The Balaban J connectivity index is 1.73. The minimum Gasteiger partial charge on any atom is -0.490 e. The van der Waals surface area contributed by atoms with E-state index in [4.69, 9.17) is 4.74 Å². The van der Waals surface area contributed by atoms with Crippen molar-refractivity contribution in [3.05, 3.63) is 29.3 Å². The fraction of sp³-hybridized carbons (Fsp3) is 0.647. The van der Waals surface area contributed by atoms with Gasteiger partial charge in [0.15, 0.2) is 0 Å². The zero-order valence-corrected chi connectivity index (χ0v) is 11.8. The van der Waals surface area contributed by atoms with Crippen LogP contribution in [-0.4, -0.2) is 11.2 Å². The standard InChI is InChI=1S/C17H24O2/c1-2-12-5-3-4-6-17(12)19-14-8-9-15-13(11-14)7-10-16(15)18/h8-9,11-12,16-18H,2-7,10H2,1H3/t12?,16-,17?/m1/s1. The van der Waals surface area contributed by atoms with Crippen LogP contribution in [0.1, 0.15) is 62.7 Å². The molecule has 0 radical (unpaired) electrons. The number of rotatable bonds is 3. The molecule has 2 heteroatoms. The van der Waals surface area contributed by atoms with E-state index in [-0.39, 0.29) is 6.10 Å². The van der Waals surface area contributed by atoms with Gasteiger partial charge in [0.2, 0.25) is 0 Å². The van der Waals surface area contributed by atoms with Crippen LogP contribution in [0.5, 0.6) is 5.75 Å². The molecule has 104 valence electrons. The molecule has 0 aromatic heterocycles. The lowest BCUT2D eigenvalue weighted by Crippen LogP contribution is -2.29. The number of hydrogen-bond donors (Lipinski definition) is 1. The number of fused-ring (bicyclic) bond motifs is 1. The molecule has 3 rings (SSSR count). The molecule has 2 aliphatic carbocycles. The van der Waals surface area contributed by atoms with Crippen molar-refractivity contribution < 1.29 is 9.84 Å². The summed E-state index contributed by atoms with van der Waals surface area (Å²) in [4.78, 5) is 0. The first-order chi connectivity index (χ1) is 9.28. The number of aliphatic hydroxyl groups is 1. The second-order valence-electron chi connectivity index (χ2n) is 6.02. The van der Waals surface area contributed by atoms with E-state index in [1.807, 2.05) is 12.1 Å². The fourth-order valence-corrected chi connectivity index (χ4v) is 3.62. The summed E-state index contributed by atoms with van der Waals surface area (Å²) in [5.41, 5.74) is 2.37. The Bertz CT molecular complexity index is 441. The van der Waals surface area contributed by atoms with E-state index in [0.29, 0.717) is 12.0 Å². The van der Waals surface area contributed by atoms with Gasteiger partial charge >= 0.3 is 0 Å². The molecule has 0 bridgehead atoms. The maximum absolute atomic E-state index is 9.83. The molecule has 19 heavy (non-hydrogen) atoms. The molecule has 0 heterocycles. The van der Waals surface area contributed by atoms with Gasteiger partial charge in [-0.25, -0.2) is 0 Å². The van der Waals surface area contributed by atoms with Gasteiger partial charge in [-0.1, -0.05) is 19.4 Å². The quantitative estimate of drug-likeness (QED) is 0.889. The van der Waals surface area contributed by atoms with Gasteiger partial charge in [-0.2, -0.15) is 0 Å². The summed E-state index contributed by atoms with van der Waals surface area (Å²) < 4.78 is 6.24. The second-order valence-corrected chi connectivity index (χ2v) is 6.02. The lowest BCUT2D eigenvalue weighted by atomic mass is 9.85. The number of aliphatic hydroxyl groups excluding tert-OH is 1. The zero-order chi connectivity index (χ0) is 13.2. The number of benzene rings is 1. The topological polar surface area (TPSA) is 29.5 Å². The van der Waals surface area contributed by atoms with Gasteiger partial charge in [0.1, 0.15) is 11.9 Å². The van der Waals surface area contributed by atoms with E-state index in [1.54, 1.807) is 0 Å². The smallest absolute Gasteiger partial charge is 0.120 e. The zero-order valence-electron chi connectivity index (χ0n) is 11.8. The van der Waals surface area contributed by atoms with Crippen molar-refractivity contribution in [3.63, 3.8) is 0 Å². The van der Waals surface area contributed by atoms with Gasteiger partial charge in [-0.15, -0.1) is 0 Å². The number of aryl methyl sites for hydroxylation is 1. The Morgan fingerprint density at radius 1 is 1.21 bits per heavy atom. The molecule has 0 aliphatic heterocycles. The summed E-state index contributed by atoms with van der Waals surface area (Å²) in [6, 6.07) is 6.23. The van der Waals surface area contributed by atoms with Gasteiger partial charge in [0.25, 0.3) is 0 Å². The number of hydrogen-bond acceptors (Lipinski definition) is 2. The molecule has 1 fully saturated rings. The highest BCUT2D eigenvalue weighted by Gasteiger charge is 2.26. The summed E-state index contributed by atoms with van der Waals surface area (Å²) in [5, 5.41) is 9.83. The van der Waals surface area contributed by atoms with Crippen molar-refractivity contribution in [2.45, 2.75) is 64.1 Å². The van der Waals surface area contributed by atoms with Gasteiger partial charge in [-0.05, 0) is 67.7 Å². The van der Waals surface area contributed by atoms with Crippen LogP contribution in [0.25, 0.3) is 0 Å². The van der Waals surface area contributed by atoms with Crippen LogP contribution in [0.3, 0.4) is 0 Å². The Labute approximate surface area is 115 Å². The highest BCUT2D eigenvalue weighted by Crippen LogP contribution is 2.35. The fourth-order valence-electron chi connectivity index (χ4n) is 3.62. The molecule has 2 aliphatic rings. The highest BCUT2D eigenvalue weighted by molar-refractivity contribution is 5.40. The first kappa shape index (κ1) is 13.0. The normalized spacial score (nSPS) is 30.1. The summed E-state index contributed by atoms with van der Waals surface area (Å²) >= 11 is 0. The van der Waals surface area contributed by atoms with Crippen molar-refractivity contribution in [2.75, 3.05) is 0 Å². The average molecular weight is 260 g/mol. The molecule has 0 saturated heterocycles. The molecule has 1 aromatic carbocycles. The Hall–Kier alpha value is -1.02. The van der Waals surface area contributed by atoms with Gasteiger partial charge in [-0.3, -0.25) is 0 Å². The Morgan fingerprint density at radius 3 is 2.89 bits per heavy atom. The van der Waals surface area contributed by atoms with Crippen LogP contribution in [0, 0.1) is 5.92 Å². The van der Waals surface area contributed by atoms with E-state index in [2.05, 4.69) is 13.0 Å². The summed E-state index contributed by atoms with van der Waals surface area (Å²) in [7, 11) is 0. The molecular weight excluding hydrogens is 236 g/mol. The van der Waals surface area contributed by atoms with Crippen molar-refractivity contribution in [1.82, 2.24) is 0 Å². The van der Waals surface area contributed by atoms with Crippen LogP contribution in [0.15, 0.2) is 18.2 Å². The predicted octanol–water partition coefficient (Wildman–Crippen LogP) is 4.01. The minimum absolute atomic E-state index is 0.262. The molecule has 1 saturated carbocycles. The third-order valence-corrected chi connectivity index (χ3v) is 4.81. The Morgan fingerprint density at radius 2 is 2.05 bits per heavy atom. The van der Waals surface area contributed by atoms with Crippen molar-refractivity contribution >= 4 is 0 Å². The van der Waals surface area contributed by atoms with E-state index >= 15 is 0 Å². The first-order valence-electron chi connectivity index (χ1n) is 7.75. The van der Waals surface area contributed by atoms with Crippen LogP contribution < -0.4 is 4.74 Å². The average Bonchev–Trinajstić information content (AvgIpc) is 2.81. The van der Waals surface area contributed by atoms with Crippen LogP contribution >= 0.6 is 0 Å². The maximum Gasteiger partial charge on any atom is 0.120 e. The summed E-state index contributed by atoms with van der Waals surface area (Å²) in [6.07, 6.45) is 8.34. The van der Waals surface area contributed by atoms with Crippen molar-refractivity contribution in [1.29, 1.82) is 0 Å². The molecule has 2 unspecified atom stereocenters. The lowest BCUT2D eigenvalue weighted by molar-refractivity contribution is 0.0903. The molecule has 0 spiro atoms. The SMILES string of the molecule is CCC1CCCCC1Oc1ccc2c(c1)CC[C@H]2O. The second kappa shape index (κ2) is 5.54. The molecule has 0 amide bonds. The third-order valence-electron chi connectivity index (χ3n) is 4.81. The molecule has 2 nitrogen and oxygen atoms in total. The van der Waals surface area contributed by atoms with Crippen LogP contribution in [0.4, 0.5) is 0 Å². The third kappa shape index (κ3) is 2.64. The predicted molar refractivity (Wildman–Crippen MR) is 76.4 cm³/mol. The largest absolute Gasteiger partial charge is 0.490 e. The maximum atomic E-state index is 9.83. The van der Waals surface area contributed by atoms with Gasteiger partial charge < -0.3 is 9.84 Å². The lowest BCUT2D eigenvalue weighted by Gasteiger charge is -2.31. The molecule has 1 N–H and O–H groups in total. The van der Waals surface area contributed by atoms with E-state index < -0.39 is 0 Å². The molecule has 3 atom stereocenters. The first-order valence-corrected chi connectivity index (χ1v) is 7.75. The minimum atomic E-state index is -0.262.